The van der Waals surface area contributed by atoms with Crippen molar-refractivity contribution in [1.82, 2.24) is 0 Å². The van der Waals surface area contributed by atoms with E-state index in [1.807, 2.05) is 0 Å². The van der Waals surface area contributed by atoms with E-state index in [9.17, 15) is 0 Å². The van der Waals surface area contributed by atoms with Gasteiger partial charge in [0.05, 0.1) is 0 Å². The lowest BCUT2D eigenvalue weighted by Crippen LogP contribution is -2.24. The van der Waals surface area contributed by atoms with Crippen molar-refractivity contribution in [2.75, 3.05) is 0 Å². The second-order valence-electron chi connectivity index (χ2n) is 4.24. The molecule has 0 aromatic heterocycles. The smallest absolute Gasteiger partial charge is 0.178 e. The van der Waals surface area contributed by atoms with Crippen molar-refractivity contribution >= 4 is 0 Å². The minimum atomic E-state index is -1.57. The normalized spacial score (nSPS) is 13.4. The fourth-order valence-corrected chi connectivity index (χ4v) is 1.64. The van der Waals surface area contributed by atoms with Crippen molar-refractivity contribution in [3.8, 4) is 0 Å². The molecule has 1 atom stereocenters. The molecule has 0 saturated heterocycles. The Balaban J connectivity index is 3.05. The van der Waals surface area contributed by atoms with Gasteiger partial charge in [0, 0.05) is 0 Å². The molecule has 1 unspecified atom stereocenters. The van der Waals surface area contributed by atoms with Crippen molar-refractivity contribution in [1.29, 1.82) is 0 Å². The maximum Gasteiger partial charge on any atom is 0.178 e. The maximum absolute atomic E-state index is 9.10. The Morgan fingerprint density at radius 1 is 0.733 bits per heavy atom. The molecule has 0 aliphatic carbocycles. The molecule has 3 heteroatoms. The van der Waals surface area contributed by atoms with Gasteiger partial charge in [-0.25, -0.2) is 0 Å². The quantitative estimate of drug-likeness (QED) is 0.389. The molecule has 0 spiro atoms. The summed E-state index contributed by atoms with van der Waals surface area (Å²) in [5, 5.41) is 26.4. The van der Waals surface area contributed by atoms with E-state index < -0.39 is 12.4 Å². The lowest BCUT2D eigenvalue weighted by Gasteiger charge is -2.11. The van der Waals surface area contributed by atoms with E-state index >= 15 is 0 Å². The zero-order valence-electron chi connectivity index (χ0n) is 9.86. The van der Waals surface area contributed by atoms with Gasteiger partial charge in [-0.15, -0.1) is 0 Å². The topological polar surface area (TPSA) is 60.7 Å². The van der Waals surface area contributed by atoms with Crippen LogP contribution < -0.4 is 0 Å². The lowest BCUT2D eigenvalue weighted by molar-refractivity contribution is -0.124. The molecule has 0 aromatic carbocycles. The number of hydrogen-bond acceptors (Lipinski definition) is 3. The molecule has 3 nitrogen and oxygen atoms in total. The van der Waals surface area contributed by atoms with Crippen LogP contribution in [0.4, 0.5) is 0 Å². The van der Waals surface area contributed by atoms with Crippen LogP contribution in [-0.4, -0.2) is 27.7 Å². The fourth-order valence-electron chi connectivity index (χ4n) is 1.64. The van der Waals surface area contributed by atoms with Gasteiger partial charge in [-0.2, -0.15) is 0 Å². The second-order valence-corrected chi connectivity index (χ2v) is 4.24. The van der Waals surface area contributed by atoms with Gasteiger partial charge in [-0.05, 0) is 6.42 Å². The van der Waals surface area contributed by atoms with Gasteiger partial charge in [0.25, 0.3) is 0 Å². The van der Waals surface area contributed by atoms with Crippen LogP contribution >= 0.6 is 0 Å². The van der Waals surface area contributed by atoms with Gasteiger partial charge in [-0.1, -0.05) is 58.3 Å². The Labute approximate surface area is 93.1 Å². The third kappa shape index (κ3) is 10.2. The van der Waals surface area contributed by atoms with Gasteiger partial charge in [0.1, 0.15) is 6.10 Å². The number of aliphatic hydroxyl groups excluding tert-OH is 2. The maximum atomic E-state index is 9.10. The first-order valence-corrected chi connectivity index (χ1v) is 6.22. The van der Waals surface area contributed by atoms with Gasteiger partial charge >= 0.3 is 0 Å². The predicted molar refractivity (Wildman–Crippen MR) is 61.5 cm³/mol. The molecular weight excluding hydrogens is 192 g/mol. The highest BCUT2D eigenvalue weighted by Crippen LogP contribution is 2.11. The van der Waals surface area contributed by atoms with E-state index in [0.717, 1.165) is 12.8 Å². The average Bonchev–Trinajstić information content (AvgIpc) is 2.21. The Kier molecular flexibility index (Phi) is 10.3. The number of hydrogen-bond donors (Lipinski definition) is 3. The summed E-state index contributed by atoms with van der Waals surface area (Å²) in [6.45, 7) is 2.21. The van der Waals surface area contributed by atoms with E-state index in [0.29, 0.717) is 6.42 Å². The van der Waals surface area contributed by atoms with Gasteiger partial charge in [-0.3, -0.25) is 0 Å². The molecule has 15 heavy (non-hydrogen) atoms. The first-order chi connectivity index (χ1) is 7.18. The molecule has 0 bridgehead atoms. The lowest BCUT2D eigenvalue weighted by atomic mass is 10.1. The first-order valence-electron chi connectivity index (χ1n) is 6.22. The van der Waals surface area contributed by atoms with Crippen LogP contribution in [-0.2, 0) is 0 Å². The molecule has 3 N–H and O–H groups in total. The molecule has 0 rings (SSSR count). The molecule has 0 amide bonds. The minimum absolute atomic E-state index is 0.493. The number of unbranched alkanes of at least 4 members (excludes halogenated alkanes) is 7. The third-order valence-electron chi connectivity index (χ3n) is 2.70. The molecule has 0 heterocycles. The highest BCUT2D eigenvalue weighted by Gasteiger charge is 2.11. The van der Waals surface area contributed by atoms with Crippen molar-refractivity contribution < 1.29 is 15.3 Å². The molecule has 0 aromatic rings. The Hall–Kier alpha value is -0.120. The number of aliphatic hydroxyl groups is 3. The average molecular weight is 218 g/mol. The highest BCUT2D eigenvalue weighted by atomic mass is 16.5. The van der Waals surface area contributed by atoms with Crippen molar-refractivity contribution in [3.05, 3.63) is 0 Å². The summed E-state index contributed by atoms with van der Waals surface area (Å²) in [6, 6.07) is 0. The van der Waals surface area contributed by atoms with E-state index in [1.54, 1.807) is 0 Å². The first kappa shape index (κ1) is 14.9. The summed E-state index contributed by atoms with van der Waals surface area (Å²) in [6.07, 6.45) is 7.61. The molecule has 0 aliphatic rings. The fraction of sp³-hybridized carbons (Fsp3) is 1.00. The van der Waals surface area contributed by atoms with Gasteiger partial charge < -0.3 is 15.3 Å². The number of rotatable bonds is 10. The summed E-state index contributed by atoms with van der Waals surface area (Å²) in [4.78, 5) is 0. The highest BCUT2D eigenvalue weighted by molar-refractivity contribution is 4.57. The second kappa shape index (κ2) is 10.4. The summed E-state index contributed by atoms with van der Waals surface area (Å²) in [5.41, 5.74) is 0. The van der Waals surface area contributed by atoms with Crippen LogP contribution in [0.5, 0.6) is 0 Å². The van der Waals surface area contributed by atoms with Crippen molar-refractivity contribution in [2.24, 2.45) is 0 Å². The van der Waals surface area contributed by atoms with Crippen LogP contribution in [0.15, 0.2) is 0 Å². The van der Waals surface area contributed by atoms with Crippen LogP contribution in [0.25, 0.3) is 0 Å². The standard InChI is InChI=1S/C12H26O3/c1-2-3-4-5-6-7-8-9-10-11(13)12(14)15/h11-15H,2-10H2,1H3. The summed E-state index contributed by atoms with van der Waals surface area (Å²) >= 11 is 0. The van der Waals surface area contributed by atoms with Crippen LogP contribution in [0.2, 0.25) is 0 Å². The van der Waals surface area contributed by atoms with Gasteiger partial charge in [0.15, 0.2) is 6.29 Å². The Morgan fingerprint density at radius 2 is 1.20 bits per heavy atom. The molecule has 92 valence electrons. The zero-order valence-corrected chi connectivity index (χ0v) is 9.86. The Bertz CT molecular complexity index is 126. The molecule has 0 radical (unpaired) electrons. The van der Waals surface area contributed by atoms with Gasteiger partial charge in [0.2, 0.25) is 0 Å². The Morgan fingerprint density at radius 3 is 1.67 bits per heavy atom. The zero-order chi connectivity index (χ0) is 11.5. The summed E-state index contributed by atoms with van der Waals surface area (Å²) in [7, 11) is 0. The summed E-state index contributed by atoms with van der Waals surface area (Å²) < 4.78 is 0. The predicted octanol–water partition coefficient (Wildman–Crippen LogP) is 2.19. The SMILES string of the molecule is CCCCCCCCCCC(O)C(O)O. The molecular formula is C12H26O3. The van der Waals surface area contributed by atoms with Crippen molar-refractivity contribution in [2.45, 2.75) is 77.1 Å². The van der Waals surface area contributed by atoms with E-state index in [-0.39, 0.29) is 0 Å². The minimum Gasteiger partial charge on any atom is -0.388 e. The van der Waals surface area contributed by atoms with Crippen LogP contribution in [0.1, 0.15) is 64.7 Å². The largest absolute Gasteiger partial charge is 0.388 e. The van der Waals surface area contributed by atoms with E-state index in [1.165, 1.54) is 38.5 Å². The van der Waals surface area contributed by atoms with Crippen LogP contribution in [0, 0.1) is 0 Å². The third-order valence-corrected chi connectivity index (χ3v) is 2.70. The van der Waals surface area contributed by atoms with Crippen LogP contribution in [0.3, 0.4) is 0 Å². The van der Waals surface area contributed by atoms with E-state index in [2.05, 4.69) is 6.92 Å². The van der Waals surface area contributed by atoms with Crippen molar-refractivity contribution in [3.63, 3.8) is 0 Å². The summed E-state index contributed by atoms with van der Waals surface area (Å²) in [5.74, 6) is 0. The molecule has 0 fully saturated rings. The monoisotopic (exact) mass is 218 g/mol. The van der Waals surface area contributed by atoms with E-state index in [4.69, 9.17) is 15.3 Å². The molecule has 0 saturated carbocycles. The molecule has 0 aliphatic heterocycles.